The zero-order valence-electron chi connectivity index (χ0n) is 21.4. The van der Waals surface area contributed by atoms with Gasteiger partial charge in [0.2, 0.25) is 10.0 Å². The Kier molecular flexibility index (Phi) is 6.74. The lowest BCUT2D eigenvalue weighted by molar-refractivity contribution is 0.355. The van der Waals surface area contributed by atoms with Crippen molar-refractivity contribution in [2.75, 3.05) is 45.3 Å². The number of methoxy groups -OCH3 is 2. The molecule has 3 heterocycles. The molecule has 2 aromatic carbocycles. The number of fused-ring (bicyclic) bond motifs is 1. The highest BCUT2D eigenvalue weighted by molar-refractivity contribution is 7.89. The molecule has 37 heavy (non-hydrogen) atoms. The Hall–Kier alpha value is -3.70. The molecule has 0 N–H and O–H groups in total. The smallest absolute Gasteiger partial charge is 0.254 e. The number of anilines is 1. The minimum Gasteiger partial charge on any atom is -0.493 e. The van der Waals surface area contributed by atoms with Crippen LogP contribution in [0.2, 0.25) is 0 Å². The molecule has 2 aromatic heterocycles. The summed E-state index contributed by atoms with van der Waals surface area (Å²) in [6, 6.07) is 11.2. The fourth-order valence-corrected chi connectivity index (χ4v) is 6.53. The van der Waals surface area contributed by atoms with E-state index in [0.717, 1.165) is 28.1 Å². The van der Waals surface area contributed by atoms with Crippen LogP contribution in [0.3, 0.4) is 0 Å². The molecular formula is C26H30N6O4S. The zero-order valence-corrected chi connectivity index (χ0v) is 22.2. The third-order valence-corrected chi connectivity index (χ3v) is 8.73. The van der Waals surface area contributed by atoms with Crippen LogP contribution in [0.25, 0.3) is 16.9 Å². The Morgan fingerprint density at radius 3 is 2.49 bits per heavy atom. The van der Waals surface area contributed by atoms with Gasteiger partial charge in [-0.1, -0.05) is 18.2 Å². The van der Waals surface area contributed by atoms with Crippen molar-refractivity contribution >= 4 is 21.6 Å². The highest BCUT2D eigenvalue weighted by Gasteiger charge is 2.30. The standard InChI is InChI=1S/C26H30N6O4S/c1-18-6-7-19(2)24(14-18)37(33,34)31-11-5-10-30(12-13-31)25-21(16-27-26-28-17-29-32(25)26)20-8-9-22(35-3)23(15-20)36-4/h6-9,14-17H,5,10-13H2,1-4H3. The first kappa shape index (κ1) is 25.0. The molecule has 0 spiro atoms. The highest BCUT2D eigenvalue weighted by Crippen LogP contribution is 2.37. The number of benzene rings is 2. The van der Waals surface area contributed by atoms with E-state index in [2.05, 4.69) is 20.0 Å². The topological polar surface area (TPSA) is 102 Å². The number of aromatic nitrogens is 4. The monoisotopic (exact) mass is 522 g/mol. The van der Waals surface area contributed by atoms with E-state index in [0.29, 0.717) is 54.8 Å². The van der Waals surface area contributed by atoms with Crippen molar-refractivity contribution in [1.29, 1.82) is 0 Å². The maximum absolute atomic E-state index is 13.6. The van der Waals surface area contributed by atoms with Crippen LogP contribution in [0.15, 0.2) is 53.8 Å². The number of ether oxygens (including phenoxy) is 2. The Bertz CT molecular complexity index is 1550. The molecule has 0 amide bonds. The average Bonchev–Trinajstić information content (AvgIpc) is 3.24. The SMILES string of the molecule is COc1ccc(-c2cnc3ncnn3c2N2CCCN(S(=O)(=O)c3cc(C)ccc3C)CC2)cc1OC. The van der Waals surface area contributed by atoms with Gasteiger partial charge in [-0.2, -0.15) is 18.9 Å². The molecule has 0 atom stereocenters. The van der Waals surface area contributed by atoms with Crippen molar-refractivity contribution in [1.82, 2.24) is 23.9 Å². The Morgan fingerprint density at radius 1 is 0.892 bits per heavy atom. The van der Waals surface area contributed by atoms with Gasteiger partial charge in [-0.15, -0.1) is 0 Å². The molecule has 0 radical (unpaired) electrons. The number of nitrogens with zero attached hydrogens (tertiary/aromatic N) is 6. The molecule has 0 unspecified atom stereocenters. The van der Waals surface area contributed by atoms with Gasteiger partial charge in [0.1, 0.15) is 12.1 Å². The molecule has 5 rings (SSSR count). The van der Waals surface area contributed by atoms with Crippen LogP contribution in [-0.2, 0) is 10.0 Å². The van der Waals surface area contributed by atoms with E-state index in [9.17, 15) is 8.42 Å². The normalized spacial score (nSPS) is 15.1. The van der Waals surface area contributed by atoms with E-state index in [1.54, 1.807) is 35.3 Å². The van der Waals surface area contributed by atoms with Crippen molar-refractivity contribution in [3.63, 3.8) is 0 Å². The van der Waals surface area contributed by atoms with Crippen LogP contribution in [0.5, 0.6) is 11.5 Å². The number of hydrogen-bond donors (Lipinski definition) is 0. The fraction of sp³-hybridized carbons (Fsp3) is 0.346. The predicted octanol–water partition coefficient (Wildman–Crippen LogP) is 3.33. The fourth-order valence-electron chi connectivity index (χ4n) is 4.75. The van der Waals surface area contributed by atoms with Crippen LogP contribution in [-0.4, -0.2) is 72.7 Å². The molecular weight excluding hydrogens is 492 g/mol. The maximum Gasteiger partial charge on any atom is 0.254 e. The van der Waals surface area contributed by atoms with Crippen LogP contribution in [0.4, 0.5) is 5.82 Å². The van der Waals surface area contributed by atoms with Gasteiger partial charge in [-0.25, -0.2) is 13.4 Å². The average molecular weight is 523 g/mol. The predicted molar refractivity (Wildman–Crippen MR) is 141 cm³/mol. The molecule has 1 aliphatic heterocycles. The Labute approximate surface area is 216 Å². The van der Waals surface area contributed by atoms with Gasteiger partial charge >= 0.3 is 0 Å². The first-order chi connectivity index (χ1) is 17.8. The lowest BCUT2D eigenvalue weighted by atomic mass is 10.1. The summed E-state index contributed by atoms with van der Waals surface area (Å²) in [4.78, 5) is 11.3. The van der Waals surface area contributed by atoms with Gasteiger partial charge in [0, 0.05) is 37.9 Å². The summed E-state index contributed by atoms with van der Waals surface area (Å²) in [7, 11) is -0.429. The van der Waals surface area contributed by atoms with Gasteiger partial charge < -0.3 is 14.4 Å². The molecule has 10 nitrogen and oxygen atoms in total. The van der Waals surface area contributed by atoms with E-state index in [-0.39, 0.29) is 0 Å². The molecule has 1 fully saturated rings. The number of sulfonamides is 1. The summed E-state index contributed by atoms with van der Waals surface area (Å²) < 4.78 is 41.4. The molecule has 0 bridgehead atoms. The van der Waals surface area contributed by atoms with Gasteiger partial charge in [-0.3, -0.25) is 0 Å². The molecule has 0 aliphatic carbocycles. The van der Waals surface area contributed by atoms with Crippen molar-refractivity contribution in [3.8, 4) is 22.6 Å². The van der Waals surface area contributed by atoms with Crippen LogP contribution < -0.4 is 14.4 Å². The largest absolute Gasteiger partial charge is 0.493 e. The van der Waals surface area contributed by atoms with Crippen LogP contribution in [0, 0.1) is 13.8 Å². The summed E-state index contributed by atoms with van der Waals surface area (Å²) in [5.41, 5.74) is 3.39. The molecule has 11 heteroatoms. The third kappa shape index (κ3) is 4.60. The zero-order chi connectivity index (χ0) is 26.2. The van der Waals surface area contributed by atoms with Crippen molar-refractivity contribution in [3.05, 3.63) is 60.0 Å². The lowest BCUT2D eigenvalue weighted by Gasteiger charge is -2.26. The summed E-state index contributed by atoms with van der Waals surface area (Å²) in [6.45, 7) is 5.67. The summed E-state index contributed by atoms with van der Waals surface area (Å²) in [6.07, 6.45) is 3.91. The Balaban J connectivity index is 1.52. The van der Waals surface area contributed by atoms with E-state index in [4.69, 9.17) is 9.47 Å². The van der Waals surface area contributed by atoms with Crippen molar-refractivity contribution < 1.29 is 17.9 Å². The van der Waals surface area contributed by atoms with Gasteiger partial charge in [-0.05, 0) is 55.2 Å². The lowest BCUT2D eigenvalue weighted by Crippen LogP contribution is -2.36. The third-order valence-electron chi connectivity index (χ3n) is 6.69. The highest BCUT2D eigenvalue weighted by atomic mass is 32.2. The number of aryl methyl sites for hydroxylation is 2. The van der Waals surface area contributed by atoms with Crippen molar-refractivity contribution in [2.45, 2.75) is 25.2 Å². The molecule has 1 aliphatic rings. The van der Waals surface area contributed by atoms with E-state index >= 15 is 0 Å². The number of hydrogen-bond acceptors (Lipinski definition) is 8. The first-order valence-corrected chi connectivity index (χ1v) is 13.5. The summed E-state index contributed by atoms with van der Waals surface area (Å²) >= 11 is 0. The molecule has 0 saturated carbocycles. The summed E-state index contributed by atoms with van der Waals surface area (Å²) in [5, 5.41) is 4.44. The van der Waals surface area contributed by atoms with Crippen molar-refractivity contribution in [2.24, 2.45) is 0 Å². The molecule has 1 saturated heterocycles. The quantitative estimate of drug-likeness (QED) is 0.380. The number of rotatable bonds is 6. The van der Waals surface area contributed by atoms with Gasteiger partial charge in [0.15, 0.2) is 11.5 Å². The first-order valence-electron chi connectivity index (χ1n) is 12.1. The van der Waals surface area contributed by atoms with Gasteiger partial charge in [0.05, 0.1) is 19.1 Å². The molecule has 194 valence electrons. The second-order valence-corrected chi connectivity index (χ2v) is 11.0. The summed E-state index contributed by atoms with van der Waals surface area (Å²) in [5.74, 6) is 2.51. The van der Waals surface area contributed by atoms with Gasteiger partial charge in [0.25, 0.3) is 5.78 Å². The Morgan fingerprint density at radius 2 is 1.70 bits per heavy atom. The second-order valence-electron chi connectivity index (χ2n) is 9.05. The van der Waals surface area contributed by atoms with E-state index in [1.807, 2.05) is 44.2 Å². The minimum atomic E-state index is -3.63. The van der Waals surface area contributed by atoms with Crippen LogP contribution in [0.1, 0.15) is 17.5 Å². The maximum atomic E-state index is 13.6. The second kappa shape index (κ2) is 9.98. The minimum absolute atomic E-state index is 0.347. The van der Waals surface area contributed by atoms with E-state index < -0.39 is 10.0 Å². The van der Waals surface area contributed by atoms with Crippen LogP contribution >= 0.6 is 0 Å². The molecule has 4 aromatic rings. The van der Waals surface area contributed by atoms with E-state index in [1.165, 1.54) is 6.33 Å².